The average molecular weight is 261 g/mol. The van der Waals surface area contributed by atoms with Gasteiger partial charge in [0.05, 0.1) is 6.10 Å². The van der Waals surface area contributed by atoms with Gasteiger partial charge in [0.25, 0.3) is 0 Å². The first-order chi connectivity index (χ1) is 9.13. The summed E-state index contributed by atoms with van der Waals surface area (Å²) in [5, 5.41) is 3.75. The number of nitrogens with one attached hydrogen (secondary N) is 1. The van der Waals surface area contributed by atoms with Crippen molar-refractivity contribution in [2.75, 3.05) is 6.61 Å². The van der Waals surface area contributed by atoms with E-state index in [1.165, 1.54) is 17.5 Å². The summed E-state index contributed by atoms with van der Waals surface area (Å²) in [6.07, 6.45) is 5.08. The Balaban J connectivity index is 1.73. The first-order valence-corrected chi connectivity index (χ1v) is 7.56. The normalized spacial score (nSPS) is 25.2. The molecule has 2 rings (SSSR count). The number of benzene rings is 1. The van der Waals surface area contributed by atoms with Gasteiger partial charge in [-0.15, -0.1) is 0 Å². The molecule has 2 nitrogen and oxygen atoms in total. The van der Waals surface area contributed by atoms with Crippen molar-refractivity contribution < 1.29 is 4.74 Å². The molecule has 1 saturated heterocycles. The molecule has 19 heavy (non-hydrogen) atoms. The third-order valence-corrected chi connectivity index (χ3v) is 3.95. The highest BCUT2D eigenvalue weighted by Gasteiger charge is 2.20. The molecule has 1 heterocycles. The van der Waals surface area contributed by atoms with Crippen LogP contribution in [0.2, 0.25) is 0 Å². The Labute approximate surface area is 117 Å². The predicted molar refractivity (Wildman–Crippen MR) is 80.5 cm³/mol. The second-order valence-electron chi connectivity index (χ2n) is 6.00. The average Bonchev–Trinajstić information content (AvgIpc) is 2.36. The van der Waals surface area contributed by atoms with Crippen LogP contribution in [0.3, 0.4) is 0 Å². The van der Waals surface area contributed by atoms with Crippen LogP contribution in [0.15, 0.2) is 24.3 Å². The quantitative estimate of drug-likeness (QED) is 0.876. The van der Waals surface area contributed by atoms with Gasteiger partial charge in [0.1, 0.15) is 0 Å². The molecule has 1 aromatic carbocycles. The maximum atomic E-state index is 5.59. The number of rotatable bonds is 5. The minimum absolute atomic E-state index is 0.412. The molecule has 0 saturated carbocycles. The van der Waals surface area contributed by atoms with Crippen molar-refractivity contribution in [1.29, 1.82) is 0 Å². The second kappa shape index (κ2) is 7.06. The highest BCUT2D eigenvalue weighted by atomic mass is 16.5. The zero-order chi connectivity index (χ0) is 13.7. The van der Waals surface area contributed by atoms with E-state index in [4.69, 9.17) is 4.74 Å². The minimum atomic E-state index is 0.412. The Hall–Kier alpha value is -0.860. The fourth-order valence-corrected chi connectivity index (χ4v) is 2.89. The van der Waals surface area contributed by atoms with Crippen molar-refractivity contribution in [2.45, 2.75) is 64.6 Å². The molecular formula is C17H27NO. The summed E-state index contributed by atoms with van der Waals surface area (Å²) >= 11 is 0. The van der Waals surface area contributed by atoms with E-state index < -0.39 is 0 Å². The summed E-state index contributed by atoms with van der Waals surface area (Å²) in [4.78, 5) is 0. The van der Waals surface area contributed by atoms with Crippen LogP contribution in [0, 0.1) is 6.92 Å². The lowest BCUT2D eigenvalue weighted by atomic mass is 10.0. The highest BCUT2D eigenvalue weighted by Crippen LogP contribution is 2.15. The maximum Gasteiger partial charge on any atom is 0.0561 e. The zero-order valence-corrected chi connectivity index (χ0v) is 12.5. The molecule has 0 aliphatic carbocycles. The van der Waals surface area contributed by atoms with Crippen molar-refractivity contribution >= 4 is 0 Å². The Morgan fingerprint density at radius 1 is 1.42 bits per heavy atom. The first kappa shape index (κ1) is 14.5. The summed E-state index contributed by atoms with van der Waals surface area (Å²) < 4.78 is 5.59. The van der Waals surface area contributed by atoms with Gasteiger partial charge in [0, 0.05) is 18.7 Å². The van der Waals surface area contributed by atoms with Crippen LogP contribution >= 0.6 is 0 Å². The molecule has 1 aliphatic rings. The molecule has 0 amide bonds. The molecule has 0 bridgehead atoms. The van der Waals surface area contributed by atoms with Gasteiger partial charge < -0.3 is 10.1 Å². The third kappa shape index (κ3) is 4.96. The number of ether oxygens (including phenoxy) is 1. The molecule has 0 radical (unpaired) electrons. The summed E-state index contributed by atoms with van der Waals surface area (Å²) in [5.74, 6) is 0. The molecule has 1 aromatic rings. The van der Waals surface area contributed by atoms with Crippen LogP contribution in [0.5, 0.6) is 0 Å². The standard InChI is InChI=1S/C17H27NO/c1-13-5-4-6-16(11-13)8-7-14(2)18-17-9-10-19-15(3)12-17/h4-6,11,14-15,17-18H,7-10,12H2,1-3H3. The molecule has 0 spiro atoms. The number of aryl methyl sites for hydroxylation is 2. The lowest BCUT2D eigenvalue weighted by Gasteiger charge is -2.30. The maximum absolute atomic E-state index is 5.59. The predicted octanol–water partition coefficient (Wildman–Crippen LogP) is 3.47. The Bertz CT molecular complexity index is 391. The van der Waals surface area contributed by atoms with E-state index in [9.17, 15) is 0 Å². The second-order valence-corrected chi connectivity index (χ2v) is 6.00. The molecular weight excluding hydrogens is 234 g/mol. The SMILES string of the molecule is Cc1cccc(CCC(C)NC2CCOC(C)C2)c1. The smallest absolute Gasteiger partial charge is 0.0561 e. The Morgan fingerprint density at radius 3 is 3.00 bits per heavy atom. The van der Waals surface area contributed by atoms with Crippen molar-refractivity contribution in [3.63, 3.8) is 0 Å². The van der Waals surface area contributed by atoms with Crippen molar-refractivity contribution in [1.82, 2.24) is 5.32 Å². The fraction of sp³-hybridized carbons (Fsp3) is 0.647. The monoisotopic (exact) mass is 261 g/mol. The van der Waals surface area contributed by atoms with E-state index in [0.717, 1.165) is 25.9 Å². The molecule has 3 unspecified atom stereocenters. The van der Waals surface area contributed by atoms with Gasteiger partial charge >= 0.3 is 0 Å². The molecule has 106 valence electrons. The molecule has 1 N–H and O–H groups in total. The summed E-state index contributed by atoms with van der Waals surface area (Å²) in [6, 6.07) is 10.1. The van der Waals surface area contributed by atoms with Crippen LogP contribution in [0.1, 0.15) is 44.2 Å². The van der Waals surface area contributed by atoms with Crippen LogP contribution in [-0.4, -0.2) is 24.8 Å². The van der Waals surface area contributed by atoms with Crippen LogP contribution < -0.4 is 5.32 Å². The highest BCUT2D eigenvalue weighted by molar-refractivity contribution is 5.22. The van der Waals surface area contributed by atoms with E-state index in [1.54, 1.807) is 0 Å². The molecule has 2 heteroatoms. The molecule has 1 fully saturated rings. The van der Waals surface area contributed by atoms with Gasteiger partial charge in [0.15, 0.2) is 0 Å². The fourth-order valence-electron chi connectivity index (χ4n) is 2.89. The van der Waals surface area contributed by atoms with Gasteiger partial charge in [-0.1, -0.05) is 29.8 Å². The van der Waals surface area contributed by atoms with Crippen molar-refractivity contribution in [3.8, 4) is 0 Å². The molecule has 1 aliphatic heterocycles. The van der Waals surface area contributed by atoms with Gasteiger partial charge in [0.2, 0.25) is 0 Å². The van der Waals surface area contributed by atoms with Crippen LogP contribution in [0.25, 0.3) is 0 Å². The summed E-state index contributed by atoms with van der Waals surface area (Å²) in [7, 11) is 0. The third-order valence-electron chi connectivity index (χ3n) is 3.95. The number of hydrogen-bond acceptors (Lipinski definition) is 2. The van der Waals surface area contributed by atoms with Gasteiger partial charge in [-0.3, -0.25) is 0 Å². The van der Waals surface area contributed by atoms with Gasteiger partial charge in [-0.25, -0.2) is 0 Å². The van der Waals surface area contributed by atoms with E-state index >= 15 is 0 Å². The van der Waals surface area contributed by atoms with Crippen LogP contribution in [-0.2, 0) is 11.2 Å². The molecule has 3 atom stereocenters. The van der Waals surface area contributed by atoms with Crippen molar-refractivity contribution in [2.24, 2.45) is 0 Å². The van der Waals surface area contributed by atoms with E-state index in [1.807, 2.05) is 0 Å². The number of hydrogen-bond donors (Lipinski definition) is 1. The summed E-state index contributed by atoms with van der Waals surface area (Å²) in [6.45, 7) is 7.54. The first-order valence-electron chi connectivity index (χ1n) is 7.56. The van der Waals surface area contributed by atoms with E-state index in [2.05, 4.69) is 50.4 Å². The largest absolute Gasteiger partial charge is 0.378 e. The topological polar surface area (TPSA) is 21.3 Å². The minimum Gasteiger partial charge on any atom is -0.378 e. The Kier molecular flexibility index (Phi) is 5.41. The van der Waals surface area contributed by atoms with Crippen LogP contribution in [0.4, 0.5) is 0 Å². The molecule has 0 aromatic heterocycles. The Morgan fingerprint density at radius 2 is 2.26 bits per heavy atom. The van der Waals surface area contributed by atoms with E-state index in [-0.39, 0.29) is 0 Å². The summed E-state index contributed by atoms with van der Waals surface area (Å²) in [5.41, 5.74) is 2.81. The van der Waals surface area contributed by atoms with Crippen molar-refractivity contribution in [3.05, 3.63) is 35.4 Å². The zero-order valence-electron chi connectivity index (χ0n) is 12.5. The van der Waals surface area contributed by atoms with E-state index in [0.29, 0.717) is 18.2 Å². The lowest BCUT2D eigenvalue weighted by molar-refractivity contribution is 0.0115. The van der Waals surface area contributed by atoms with Gasteiger partial charge in [-0.2, -0.15) is 0 Å². The van der Waals surface area contributed by atoms with Gasteiger partial charge in [-0.05, 0) is 52.0 Å². The lowest BCUT2D eigenvalue weighted by Crippen LogP contribution is -2.42.